The van der Waals surface area contributed by atoms with Crippen molar-refractivity contribution in [1.82, 2.24) is 4.90 Å². The third-order valence-electron chi connectivity index (χ3n) is 4.36. The zero-order chi connectivity index (χ0) is 15.6. The molecular weight excluding hydrogens is 260 g/mol. The molecule has 21 heavy (non-hydrogen) atoms. The van der Waals surface area contributed by atoms with E-state index in [-0.39, 0.29) is 0 Å². The Bertz CT molecular complexity index is 479. The van der Waals surface area contributed by atoms with Crippen LogP contribution in [0.4, 0.5) is 0 Å². The summed E-state index contributed by atoms with van der Waals surface area (Å²) >= 11 is 0. The lowest BCUT2D eigenvalue weighted by Crippen LogP contribution is -2.21. The fourth-order valence-electron chi connectivity index (χ4n) is 3.41. The van der Waals surface area contributed by atoms with Gasteiger partial charge < -0.3 is 10.5 Å². The minimum absolute atomic E-state index is 0.299. The van der Waals surface area contributed by atoms with Gasteiger partial charge in [-0.2, -0.15) is 0 Å². The molecular formula is C18H30N2O. The molecule has 0 amide bonds. The molecule has 1 aromatic rings. The van der Waals surface area contributed by atoms with Gasteiger partial charge in [-0.1, -0.05) is 32.9 Å². The molecule has 0 radical (unpaired) electrons. The Morgan fingerprint density at radius 2 is 2.05 bits per heavy atom. The number of hydrogen-bond acceptors (Lipinski definition) is 3. The summed E-state index contributed by atoms with van der Waals surface area (Å²) in [5.74, 6) is 1.60. The van der Waals surface area contributed by atoms with Crippen LogP contribution in [0.2, 0.25) is 0 Å². The van der Waals surface area contributed by atoms with Crippen LogP contribution < -0.4 is 10.5 Å². The second kappa shape index (κ2) is 6.37. The third kappa shape index (κ3) is 3.98. The van der Waals surface area contributed by atoms with Gasteiger partial charge in [0.15, 0.2) is 0 Å². The maximum Gasteiger partial charge on any atom is 0.123 e. The molecule has 0 spiro atoms. The highest BCUT2D eigenvalue weighted by Crippen LogP contribution is 2.39. The Morgan fingerprint density at radius 3 is 2.57 bits per heavy atom. The highest BCUT2D eigenvalue weighted by molar-refractivity contribution is 5.40. The van der Waals surface area contributed by atoms with Crippen LogP contribution in [0.1, 0.15) is 44.4 Å². The van der Waals surface area contributed by atoms with Gasteiger partial charge in [0.1, 0.15) is 5.75 Å². The lowest BCUT2D eigenvalue weighted by molar-refractivity contribution is 0.302. The Morgan fingerprint density at radius 1 is 1.33 bits per heavy atom. The second-order valence-electron chi connectivity index (χ2n) is 7.61. The van der Waals surface area contributed by atoms with Crippen LogP contribution in [0.3, 0.4) is 0 Å². The van der Waals surface area contributed by atoms with E-state index in [9.17, 15) is 0 Å². The maximum atomic E-state index is 5.86. The minimum atomic E-state index is 0.299. The average molecular weight is 290 g/mol. The highest BCUT2D eigenvalue weighted by Gasteiger charge is 2.31. The van der Waals surface area contributed by atoms with Gasteiger partial charge in [0.25, 0.3) is 0 Å². The van der Waals surface area contributed by atoms with Gasteiger partial charge >= 0.3 is 0 Å². The number of nitrogens with zero attached hydrogens (tertiary/aromatic N) is 1. The smallest absolute Gasteiger partial charge is 0.123 e. The Hall–Kier alpha value is -1.06. The normalized spacial score (nSPS) is 23.5. The maximum absolute atomic E-state index is 5.86. The number of benzene rings is 1. The van der Waals surface area contributed by atoms with E-state index in [4.69, 9.17) is 10.5 Å². The van der Waals surface area contributed by atoms with E-state index in [2.05, 4.69) is 50.9 Å². The van der Waals surface area contributed by atoms with Gasteiger partial charge in [-0.05, 0) is 49.4 Å². The van der Waals surface area contributed by atoms with Crippen LogP contribution in [-0.2, 0) is 6.42 Å². The van der Waals surface area contributed by atoms with Crippen LogP contribution in [0.15, 0.2) is 18.2 Å². The first-order chi connectivity index (χ1) is 9.84. The number of nitrogens with two attached hydrogens (primary N) is 1. The molecule has 1 saturated heterocycles. The van der Waals surface area contributed by atoms with Crippen LogP contribution in [0, 0.1) is 11.3 Å². The molecule has 2 N–H and O–H groups in total. The van der Waals surface area contributed by atoms with Crippen molar-refractivity contribution in [3.8, 4) is 5.75 Å². The Balaban J connectivity index is 2.30. The molecule has 0 aromatic heterocycles. The zero-order valence-corrected chi connectivity index (χ0v) is 14.1. The predicted octanol–water partition coefficient (Wildman–Crippen LogP) is 3.24. The highest BCUT2D eigenvalue weighted by atomic mass is 16.5. The molecule has 0 aliphatic carbocycles. The van der Waals surface area contributed by atoms with E-state index < -0.39 is 0 Å². The SMILES string of the molecule is COc1ccc(CC(C)(C)C)cc1C1CC(CN)CN1C. The first-order valence-corrected chi connectivity index (χ1v) is 7.91. The third-order valence-corrected chi connectivity index (χ3v) is 4.36. The monoisotopic (exact) mass is 290 g/mol. The number of ether oxygens (including phenoxy) is 1. The van der Waals surface area contributed by atoms with E-state index in [1.165, 1.54) is 11.1 Å². The summed E-state index contributed by atoms with van der Waals surface area (Å²) in [7, 11) is 3.95. The van der Waals surface area contributed by atoms with Crippen molar-refractivity contribution in [3.05, 3.63) is 29.3 Å². The lowest BCUT2D eigenvalue weighted by atomic mass is 9.86. The summed E-state index contributed by atoms with van der Waals surface area (Å²) in [6.45, 7) is 8.69. The second-order valence-corrected chi connectivity index (χ2v) is 7.61. The van der Waals surface area contributed by atoms with Gasteiger partial charge in [0.2, 0.25) is 0 Å². The van der Waals surface area contributed by atoms with Crippen molar-refractivity contribution in [1.29, 1.82) is 0 Å². The quantitative estimate of drug-likeness (QED) is 0.925. The summed E-state index contributed by atoms with van der Waals surface area (Å²) in [6.07, 6.45) is 2.21. The molecule has 3 nitrogen and oxygen atoms in total. The summed E-state index contributed by atoms with van der Waals surface area (Å²) in [4.78, 5) is 2.41. The molecule has 0 saturated carbocycles. The predicted molar refractivity (Wildman–Crippen MR) is 88.7 cm³/mol. The molecule has 1 aliphatic heterocycles. The molecule has 1 aliphatic rings. The average Bonchev–Trinajstić information content (AvgIpc) is 2.78. The molecule has 118 valence electrons. The minimum Gasteiger partial charge on any atom is -0.496 e. The number of methoxy groups -OCH3 is 1. The van der Waals surface area contributed by atoms with E-state index in [1.54, 1.807) is 7.11 Å². The standard InChI is InChI=1S/C18H30N2O/c1-18(2,3)10-13-6-7-17(21-5)15(8-13)16-9-14(11-19)12-20(16)4/h6-8,14,16H,9-12,19H2,1-5H3. The molecule has 2 unspecified atom stereocenters. The van der Waals surface area contributed by atoms with Gasteiger partial charge in [0.05, 0.1) is 7.11 Å². The number of rotatable bonds is 4. The summed E-state index contributed by atoms with van der Waals surface area (Å²) in [5.41, 5.74) is 8.87. The van der Waals surface area contributed by atoms with Crippen molar-refractivity contribution in [2.45, 2.75) is 39.7 Å². The van der Waals surface area contributed by atoms with Crippen molar-refractivity contribution < 1.29 is 4.74 Å². The molecule has 1 fully saturated rings. The topological polar surface area (TPSA) is 38.5 Å². The van der Waals surface area contributed by atoms with E-state index in [0.717, 1.165) is 31.7 Å². The first kappa shape index (κ1) is 16.3. The van der Waals surface area contributed by atoms with Gasteiger partial charge in [-0.3, -0.25) is 4.90 Å². The van der Waals surface area contributed by atoms with Gasteiger partial charge in [-0.25, -0.2) is 0 Å². The number of likely N-dealkylation sites (tertiary alicyclic amines) is 1. The summed E-state index contributed by atoms with van der Waals surface area (Å²) in [6, 6.07) is 7.08. The fraction of sp³-hybridized carbons (Fsp3) is 0.667. The molecule has 2 rings (SSSR count). The number of hydrogen-bond donors (Lipinski definition) is 1. The van der Waals surface area contributed by atoms with Gasteiger partial charge in [0, 0.05) is 18.2 Å². The fourth-order valence-corrected chi connectivity index (χ4v) is 3.41. The van der Waals surface area contributed by atoms with Crippen LogP contribution in [0.25, 0.3) is 0 Å². The molecule has 1 aromatic carbocycles. The van der Waals surface area contributed by atoms with E-state index >= 15 is 0 Å². The van der Waals surface area contributed by atoms with Gasteiger partial charge in [-0.15, -0.1) is 0 Å². The molecule has 2 atom stereocenters. The van der Waals surface area contributed by atoms with E-state index in [1.807, 2.05) is 0 Å². The van der Waals surface area contributed by atoms with E-state index in [0.29, 0.717) is 17.4 Å². The first-order valence-electron chi connectivity index (χ1n) is 7.91. The van der Waals surface area contributed by atoms with Crippen molar-refractivity contribution in [2.24, 2.45) is 17.1 Å². The Kier molecular flexibility index (Phi) is 4.95. The van der Waals surface area contributed by atoms with Crippen LogP contribution in [0.5, 0.6) is 5.75 Å². The largest absolute Gasteiger partial charge is 0.496 e. The summed E-state index contributed by atoms with van der Waals surface area (Å²) in [5, 5.41) is 0. The zero-order valence-electron chi connectivity index (χ0n) is 14.1. The Labute approximate surface area is 129 Å². The summed E-state index contributed by atoms with van der Waals surface area (Å²) < 4.78 is 5.60. The molecule has 0 bridgehead atoms. The van der Waals surface area contributed by atoms with Crippen molar-refractivity contribution in [3.63, 3.8) is 0 Å². The van der Waals surface area contributed by atoms with Crippen molar-refractivity contribution in [2.75, 3.05) is 27.2 Å². The molecule has 3 heteroatoms. The van der Waals surface area contributed by atoms with Crippen LogP contribution >= 0.6 is 0 Å². The lowest BCUT2D eigenvalue weighted by Gasteiger charge is -2.24. The van der Waals surface area contributed by atoms with Crippen molar-refractivity contribution >= 4 is 0 Å². The van der Waals surface area contributed by atoms with Crippen LogP contribution in [-0.4, -0.2) is 32.1 Å². The molecule has 1 heterocycles.